The van der Waals surface area contributed by atoms with Crippen LogP contribution in [0, 0.1) is 29.6 Å². The Bertz CT molecular complexity index is 1100. The van der Waals surface area contributed by atoms with Gasteiger partial charge in [-0.15, -0.1) is 23.1 Å². The summed E-state index contributed by atoms with van der Waals surface area (Å²) in [5.41, 5.74) is 4.31. The van der Waals surface area contributed by atoms with Crippen molar-refractivity contribution >= 4 is 50.7 Å². The largest absolute Gasteiger partial charge is 0.245 e. The van der Waals surface area contributed by atoms with Gasteiger partial charge < -0.3 is 0 Å². The second-order valence-corrected chi connectivity index (χ2v) is 8.12. The van der Waals surface area contributed by atoms with Gasteiger partial charge in [-0.1, -0.05) is 28.1 Å². The summed E-state index contributed by atoms with van der Waals surface area (Å²) < 4.78 is 0.986. The summed E-state index contributed by atoms with van der Waals surface area (Å²) in [5, 5.41) is 22.2. The minimum absolute atomic E-state index is 0.500. The Morgan fingerprint density at radius 1 is 1.22 bits per heavy atom. The number of allylic oxidation sites excluding steroid dienone is 1. The Kier molecular flexibility index (Phi) is 6.08. The number of halogens is 1. The van der Waals surface area contributed by atoms with Gasteiger partial charge in [0.1, 0.15) is 22.2 Å². The van der Waals surface area contributed by atoms with Gasteiger partial charge in [0.15, 0.2) is 0 Å². The summed E-state index contributed by atoms with van der Waals surface area (Å²) >= 11 is 6.26. The Morgan fingerprint density at radius 3 is 2.59 bits per heavy atom. The van der Waals surface area contributed by atoms with E-state index in [1.165, 1.54) is 23.1 Å². The number of nitrogens with zero attached hydrogens (tertiary/aromatic N) is 4. The first-order chi connectivity index (χ1) is 13.0. The molecule has 2 heterocycles. The molecule has 0 fully saturated rings. The van der Waals surface area contributed by atoms with E-state index >= 15 is 0 Å². The van der Waals surface area contributed by atoms with Crippen molar-refractivity contribution in [1.82, 2.24) is 9.97 Å². The van der Waals surface area contributed by atoms with E-state index in [-0.39, 0.29) is 0 Å². The van der Waals surface area contributed by atoms with Gasteiger partial charge in [-0.05, 0) is 43.0 Å². The van der Waals surface area contributed by atoms with Crippen LogP contribution in [-0.4, -0.2) is 16.2 Å². The van der Waals surface area contributed by atoms with Crippen molar-refractivity contribution in [2.45, 2.75) is 11.9 Å². The predicted molar refractivity (Wildman–Crippen MR) is 114 cm³/mol. The third-order valence-corrected chi connectivity index (χ3v) is 5.91. The first-order valence-electron chi connectivity index (χ1n) is 7.85. The summed E-state index contributed by atoms with van der Waals surface area (Å²) in [6.07, 6.45) is 3.72. The van der Waals surface area contributed by atoms with E-state index in [0.717, 1.165) is 27.0 Å². The lowest BCUT2D eigenvalue weighted by Crippen LogP contribution is -1.94. The molecule has 3 aromatic rings. The Labute approximate surface area is 174 Å². The number of aromatic nitrogens is 2. The average Bonchev–Trinajstić information content (AvgIpc) is 3.16. The predicted octanol–water partition coefficient (Wildman–Crippen LogP) is 5.93. The highest BCUT2D eigenvalue weighted by Crippen LogP contribution is 2.31. The highest BCUT2D eigenvalue weighted by Gasteiger charge is 2.14. The monoisotopic (exact) mass is 452 g/mol. The van der Waals surface area contributed by atoms with Crippen molar-refractivity contribution in [3.8, 4) is 23.4 Å². The summed E-state index contributed by atoms with van der Waals surface area (Å²) in [7, 11) is 0. The van der Waals surface area contributed by atoms with Gasteiger partial charge in [0.2, 0.25) is 0 Å². The van der Waals surface area contributed by atoms with Crippen molar-refractivity contribution in [1.29, 1.82) is 10.5 Å². The standard InChI is InChI=1S/C20H13BrN4S2/c1-12-17(8-15(10-23)19(24-12)26-2)18-11-27-20(25-18)14(9-22)7-13-3-5-16(21)6-4-13/h3-8,11H,1-2H3/b14-7-. The molecule has 0 bridgehead atoms. The first kappa shape index (κ1) is 19.3. The van der Waals surface area contributed by atoms with Crippen LogP contribution >= 0.6 is 39.0 Å². The van der Waals surface area contributed by atoms with Gasteiger partial charge >= 0.3 is 0 Å². The van der Waals surface area contributed by atoms with Crippen molar-refractivity contribution < 1.29 is 0 Å². The van der Waals surface area contributed by atoms with Crippen molar-refractivity contribution in [2.75, 3.05) is 6.26 Å². The van der Waals surface area contributed by atoms with E-state index < -0.39 is 0 Å². The lowest BCUT2D eigenvalue weighted by molar-refractivity contribution is 1.05. The third-order valence-electron chi connectivity index (χ3n) is 3.80. The number of hydrogen-bond acceptors (Lipinski definition) is 6. The molecule has 7 heteroatoms. The van der Waals surface area contributed by atoms with Crippen molar-refractivity contribution in [3.63, 3.8) is 0 Å². The van der Waals surface area contributed by atoms with E-state index in [2.05, 4.69) is 38.0 Å². The van der Waals surface area contributed by atoms with Gasteiger partial charge in [0.25, 0.3) is 0 Å². The molecule has 0 saturated heterocycles. The number of pyridine rings is 1. The summed E-state index contributed by atoms with van der Waals surface area (Å²) in [4.78, 5) is 9.13. The smallest absolute Gasteiger partial charge is 0.134 e. The molecule has 0 N–H and O–H groups in total. The fraction of sp³-hybridized carbons (Fsp3) is 0.100. The Morgan fingerprint density at radius 2 is 1.96 bits per heavy atom. The number of thiazole rings is 1. The van der Waals surface area contributed by atoms with Crippen LogP contribution < -0.4 is 0 Å². The van der Waals surface area contributed by atoms with Crippen molar-refractivity contribution in [3.05, 3.63) is 62.0 Å². The molecule has 3 rings (SSSR count). The van der Waals surface area contributed by atoms with E-state index in [9.17, 15) is 10.5 Å². The van der Waals surface area contributed by atoms with Crippen LogP contribution in [0.5, 0.6) is 0 Å². The zero-order valence-corrected chi connectivity index (χ0v) is 17.7. The van der Waals surface area contributed by atoms with Crippen LogP contribution in [0.2, 0.25) is 0 Å². The van der Waals surface area contributed by atoms with Gasteiger partial charge in [-0.2, -0.15) is 10.5 Å². The second-order valence-electron chi connectivity index (χ2n) is 5.55. The number of rotatable bonds is 4. The topological polar surface area (TPSA) is 73.4 Å². The molecule has 2 aromatic heterocycles. The molecule has 4 nitrogen and oxygen atoms in total. The highest BCUT2D eigenvalue weighted by atomic mass is 79.9. The maximum absolute atomic E-state index is 9.56. The van der Waals surface area contributed by atoms with Gasteiger partial charge in [0, 0.05) is 21.1 Å². The molecule has 0 radical (unpaired) electrons. The van der Waals surface area contributed by atoms with E-state index in [0.29, 0.717) is 21.2 Å². The van der Waals surface area contributed by atoms with Crippen LogP contribution in [0.3, 0.4) is 0 Å². The van der Waals surface area contributed by atoms with Crippen LogP contribution in [0.4, 0.5) is 0 Å². The minimum atomic E-state index is 0.500. The van der Waals surface area contributed by atoms with Crippen LogP contribution in [0.15, 0.2) is 45.2 Å². The van der Waals surface area contributed by atoms with E-state index in [4.69, 9.17) is 0 Å². The normalized spacial score (nSPS) is 11.1. The fourth-order valence-electron chi connectivity index (χ4n) is 2.47. The van der Waals surface area contributed by atoms with E-state index in [1.807, 2.05) is 55.0 Å². The fourth-order valence-corrected chi connectivity index (χ4v) is 4.07. The molecule has 0 atom stereocenters. The molecule has 0 saturated carbocycles. The molecule has 0 aliphatic carbocycles. The average molecular weight is 453 g/mol. The molecule has 0 unspecified atom stereocenters. The first-order valence-corrected chi connectivity index (χ1v) is 10.7. The lowest BCUT2D eigenvalue weighted by atomic mass is 10.1. The molecule has 132 valence electrons. The highest BCUT2D eigenvalue weighted by molar-refractivity contribution is 9.10. The minimum Gasteiger partial charge on any atom is -0.245 e. The quantitative estimate of drug-likeness (QED) is 0.361. The molecule has 0 aliphatic rings. The molecule has 27 heavy (non-hydrogen) atoms. The number of hydrogen-bond donors (Lipinski definition) is 0. The molecule has 0 spiro atoms. The SMILES string of the molecule is CSc1nc(C)c(-c2csc(/C(C#N)=C\c3ccc(Br)cc3)n2)cc1C#N. The Balaban J connectivity index is 2.00. The summed E-state index contributed by atoms with van der Waals surface area (Å²) in [6, 6.07) is 14.0. The molecular weight excluding hydrogens is 440 g/mol. The number of nitriles is 2. The molecule has 1 aromatic carbocycles. The third kappa shape index (κ3) is 4.28. The van der Waals surface area contributed by atoms with Gasteiger partial charge in [0.05, 0.1) is 16.8 Å². The maximum Gasteiger partial charge on any atom is 0.134 e. The van der Waals surface area contributed by atoms with Crippen LogP contribution in [-0.2, 0) is 0 Å². The van der Waals surface area contributed by atoms with Gasteiger partial charge in [-0.3, -0.25) is 0 Å². The molecular formula is C20H13BrN4S2. The van der Waals surface area contributed by atoms with E-state index in [1.54, 1.807) is 0 Å². The number of aryl methyl sites for hydroxylation is 1. The van der Waals surface area contributed by atoms with Crippen molar-refractivity contribution in [2.24, 2.45) is 0 Å². The molecule has 0 amide bonds. The molecule has 0 aliphatic heterocycles. The Hall–Kier alpha value is -2.45. The van der Waals surface area contributed by atoms with Crippen LogP contribution in [0.1, 0.15) is 21.8 Å². The van der Waals surface area contributed by atoms with Crippen LogP contribution in [0.25, 0.3) is 22.9 Å². The maximum atomic E-state index is 9.56. The number of thioether (sulfide) groups is 1. The number of benzene rings is 1. The van der Waals surface area contributed by atoms with Gasteiger partial charge in [-0.25, -0.2) is 9.97 Å². The second kappa shape index (κ2) is 8.49. The lowest BCUT2D eigenvalue weighted by Gasteiger charge is -2.06. The zero-order valence-electron chi connectivity index (χ0n) is 14.5. The summed E-state index contributed by atoms with van der Waals surface area (Å²) in [6.45, 7) is 1.90. The summed E-state index contributed by atoms with van der Waals surface area (Å²) in [5.74, 6) is 0. The zero-order chi connectivity index (χ0) is 19.4.